The predicted octanol–water partition coefficient (Wildman–Crippen LogP) is 1.51. The van der Waals surface area contributed by atoms with Crippen molar-refractivity contribution in [2.24, 2.45) is 0 Å². The van der Waals surface area contributed by atoms with Crippen molar-refractivity contribution in [3.8, 4) is 0 Å². The van der Waals surface area contributed by atoms with Gasteiger partial charge in [0.05, 0.1) is 0 Å². The van der Waals surface area contributed by atoms with Crippen molar-refractivity contribution < 1.29 is 28.8 Å². The van der Waals surface area contributed by atoms with Gasteiger partial charge >= 0.3 is 0 Å². The highest BCUT2D eigenvalue weighted by Crippen LogP contribution is 2.13. The van der Waals surface area contributed by atoms with Crippen LogP contribution in [0.1, 0.15) is 103 Å². The van der Waals surface area contributed by atoms with E-state index < -0.39 is 23.9 Å². The first-order valence-corrected chi connectivity index (χ1v) is 12.6. The first-order chi connectivity index (χ1) is 16.3. The van der Waals surface area contributed by atoms with Crippen LogP contribution in [0.3, 0.4) is 0 Å². The lowest BCUT2D eigenvalue weighted by molar-refractivity contribution is -0.138. The molecule has 34 heavy (non-hydrogen) atoms. The molecule has 2 unspecified atom stereocenters. The van der Waals surface area contributed by atoms with Crippen LogP contribution in [0.25, 0.3) is 0 Å². The highest BCUT2D eigenvalue weighted by molar-refractivity contribution is 6.02. The Morgan fingerprint density at radius 1 is 0.588 bits per heavy atom. The van der Waals surface area contributed by atoms with E-state index in [0.717, 1.165) is 64.2 Å². The Morgan fingerprint density at radius 3 is 1.24 bits per heavy atom. The molecule has 6 amide bonds. The number of unbranched alkanes of at least 4 members (excludes halogenated alkanes) is 9. The third-order valence-corrected chi connectivity index (χ3v) is 6.21. The minimum atomic E-state index is -0.593. The SMILES string of the molecule is O=C1CCC(NC(=O)CCCCCCCCCCCCC(=O)NC2CCC(=O)NC2=O)C(=O)N1. The zero-order valence-electron chi connectivity index (χ0n) is 19.9. The smallest absolute Gasteiger partial charge is 0.249 e. The highest BCUT2D eigenvalue weighted by atomic mass is 16.2. The summed E-state index contributed by atoms with van der Waals surface area (Å²) in [7, 11) is 0. The molecular weight excluding hydrogens is 440 g/mol. The third-order valence-electron chi connectivity index (χ3n) is 6.21. The van der Waals surface area contributed by atoms with E-state index in [0.29, 0.717) is 25.7 Å². The van der Waals surface area contributed by atoms with Crippen LogP contribution in [-0.2, 0) is 28.8 Å². The normalized spacial score (nSPS) is 20.5. The number of hydrogen-bond acceptors (Lipinski definition) is 6. The van der Waals surface area contributed by atoms with Gasteiger partial charge in [-0.3, -0.25) is 39.4 Å². The maximum Gasteiger partial charge on any atom is 0.249 e. The van der Waals surface area contributed by atoms with Gasteiger partial charge in [0.2, 0.25) is 35.4 Å². The van der Waals surface area contributed by atoms with Crippen LogP contribution < -0.4 is 21.3 Å². The van der Waals surface area contributed by atoms with Crippen LogP contribution in [0, 0.1) is 0 Å². The molecule has 0 aromatic heterocycles. The van der Waals surface area contributed by atoms with Crippen molar-refractivity contribution in [3.63, 3.8) is 0 Å². The van der Waals surface area contributed by atoms with E-state index in [1.54, 1.807) is 0 Å². The molecule has 2 aliphatic rings. The Kier molecular flexibility index (Phi) is 12.3. The van der Waals surface area contributed by atoms with Gasteiger partial charge in [0, 0.05) is 25.7 Å². The molecule has 2 aliphatic heterocycles. The Bertz CT molecular complexity index is 692. The number of amides is 6. The molecule has 2 fully saturated rings. The van der Waals surface area contributed by atoms with Crippen LogP contribution >= 0.6 is 0 Å². The molecular formula is C24H38N4O6. The number of nitrogens with one attached hydrogen (secondary N) is 4. The van der Waals surface area contributed by atoms with Crippen molar-refractivity contribution in [1.82, 2.24) is 21.3 Å². The summed E-state index contributed by atoms with van der Waals surface area (Å²) < 4.78 is 0. The minimum Gasteiger partial charge on any atom is -0.344 e. The molecule has 0 spiro atoms. The summed E-state index contributed by atoms with van der Waals surface area (Å²) in [5.41, 5.74) is 0. The van der Waals surface area contributed by atoms with Gasteiger partial charge in [0.25, 0.3) is 0 Å². The second-order valence-electron chi connectivity index (χ2n) is 9.18. The fourth-order valence-electron chi connectivity index (χ4n) is 4.18. The number of carbonyl (C=O) groups is 6. The Labute approximate surface area is 200 Å². The number of carbonyl (C=O) groups excluding carboxylic acids is 6. The highest BCUT2D eigenvalue weighted by Gasteiger charge is 2.28. The minimum absolute atomic E-state index is 0.139. The average molecular weight is 479 g/mol. The molecule has 2 rings (SSSR count). The van der Waals surface area contributed by atoms with Crippen LogP contribution in [-0.4, -0.2) is 47.5 Å². The van der Waals surface area contributed by atoms with Gasteiger partial charge in [0.1, 0.15) is 12.1 Å². The molecule has 2 saturated heterocycles. The molecule has 10 nitrogen and oxygen atoms in total. The van der Waals surface area contributed by atoms with Gasteiger partial charge in [-0.2, -0.15) is 0 Å². The zero-order chi connectivity index (χ0) is 24.8. The predicted molar refractivity (Wildman–Crippen MR) is 124 cm³/mol. The number of piperidine rings is 2. The average Bonchev–Trinajstić information content (AvgIpc) is 2.78. The number of imide groups is 2. The van der Waals surface area contributed by atoms with Crippen LogP contribution in [0.15, 0.2) is 0 Å². The third kappa shape index (κ3) is 10.9. The van der Waals surface area contributed by atoms with E-state index in [2.05, 4.69) is 21.3 Å². The summed E-state index contributed by atoms with van der Waals surface area (Å²) in [6, 6.07) is -1.19. The lowest BCUT2D eigenvalue weighted by Crippen LogP contribution is -2.52. The molecule has 0 saturated carbocycles. The summed E-state index contributed by atoms with van der Waals surface area (Å²) in [4.78, 5) is 69.4. The van der Waals surface area contributed by atoms with E-state index in [1.165, 1.54) is 0 Å². The van der Waals surface area contributed by atoms with Gasteiger partial charge in [0.15, 0.2) is 0 Å². The van der Waals surface area contributed by atoms with Crippen molar-refractivity contribution in [1.29, 1.82) is 0 Å². The maximum atomic E-state index is 11.9. The Morgan fingerprint density at radius 2 is 0.912 bits per heavy atom. The Hall–Kier alpha value is -2.78. The molecule has 0 aliphatic carbocycles. The standard InChI is InChI=1S/C24H38N4O6/c29-19(25-17-13-15-21(31)27-23(17)33)11-9-7-5-3-1-2-4-6-8-10-12-20(30)26-18-14-16-22(32)28-24(18)34/h17-18H,1-16H2,(H,25,29)(H,26,30)(H,27,31,33)(H,28,32,34). The van der Waals surface area contributed by atoms with Crippen LogP contribution in [0.2, 0.25) is 0 Å². The first-order valence-electron chi connectivity index (χ1n) is 12.6. The van der Waals surface area contributed by atoms with E-state index in [1.807, 2.05) is 0 Å². The van der Waals surface area contributed by atoms with Crippen LogP contribution in [0.4, 0.5) is 0 Å². The fourth-order valence-corrected chi connectivity index (χ4v) is 4.18. The quantitative estimate of drug-likeness (QED) is 0.207. The molecule has 190 valence electrons. The van der Waals surface area contributed by atoms with Gasteiger partial charge in [-0.1, -0.05) is 51.4 Å². The summed E-state index contributed by atoms with van der Waals surface area (Å²) in [6.45, 7) is 0. The molecule has 0 aromatic rings. The summed E-state index contributed by atoms with van der Waals surface area (Å²) in [5, 5.41) is 9.87. The second-order valence-corrected chi connectivity index (χ2v) is 9.18. The molecule has 2 heterocycles. The van der Waals surface area contributed by atoms with Gasteiger partial charge < -0.3 is 10.6 Å². The Balaban J connectivity index is 1.35. The van der Waals surface area contributed by atoms with Gasteiger partial charge in [-0.15, -0.1) is 0 Å². The first kappa shape index (κ1) is 27.5. The number of rotatable bonds is 15. The molecule has 4 N–H and O–H groups in total. The fraction of sp³-hybridized carbons (Fsp3) is 0.750. The maximum absolute atomic E-state index is 11.9. The largest absolute Gasteiger partial charge is 0.344 e. The lowest BCUT2D eigenvalue weighted by Gasteiger charge is -2.21. The van der Waals surface area contributed by atoms with E-state index in [-0.39, 0.29) is 36.5 Å². The zero-order valence-corrected chi connectivity index (χ0v) is 19.9. The monoisotopic (exact) mass is 478 g/mol. The van der Waals surface area contributed by atoms with Crippen molar-refractivity contribution >= 4 is 35.4 Å². The van der Waals surface area contributed by atoms with Crippen LogP contribution in [0.5, 0.6) is 0 Å². The second kappa shape index (κ2) is 15.2. The van der Waals surface area contributed by atoms with E-state index in [9.17, 15) is 28.8 Å². The summed E-state index contributed by atoms with van der Waals surface area (Å²) >= 11 is 0. The van der Waals surface area contributed by atoms with Crippen molar-refractivity contribution in [3.05, 3.63) is 0 Å². The summed E-state index contributed by atoms with van der Waals surface area (Å²) in [5.74, 6) is -1.68. The molecule has 0 radical (unpaired) electrons. The van der Waals surface area contributed by atoms with E-state index >= 15 is 0 Å². The molecule has 2 atom stereocenters. The lowest BCUT2D eigenvalue weighted by atomic mass is 10.0. The van der Waals surface area contributed by atoms with Gasteiger partial charge in [-0.25, -0.2) is 0 Å². The van der Waals surface area contributed by atoms with E-state index in [4.69, 9.17) is 0 Å². The topological polar surface area (TPSA) is 151 Å². The summed E-state index contributed by atoms with van der Waals surface area (Å²) in [6.07, 6.45) is 12.3. The van der Waals surface area contributed by atoms with Gasteiger partial charge in [-0.05, 0) is 25.7 Å². The van der Waals surface area contributed by atoms with Crippen molar-refractivity contribution in [2.75, 3.05) is 0 Å². The molecule has 0 aromatic carbocycles. The van der Waals surface area contributed by atoms with Crippen molar-refractivity contribution in [2.45, 2.75) is 115 Å². The number of hydrogen-bond donors (Lipinski definition) is 4. The molecule has 10 heteroatoms. The molecule has 0 bridgehead atoms.